The summed E-state index contributed by atoms with van der Waals surface area (Å²) in [6, 6.07) is 7.74. The molecule has 1 aromatic carbocycles. The lowest BCUT2D eigenvalue weighted by Gasteiger charge is -2.14. The molecular formula is C14H20N2O2S. The van der Waals surface area contributed by atoms with E-state index in [-0.39, 0.29) is 18.1 Å². The Bertz CT molecular complexity index is 439. The number of nitrogens with one attached hydrogen (secondary N) is 2. The molecule has 4 nitrogen and oxygen atoms in total. The molecule has 1 saturated heterocycles. The number of ether oxygens (including phenoxy) is 1. The van der Waals surface area contributed by atoms with Crippen molar-refractivity contribution >= 4 is 23.4 Å². The van der Waals surface area contributed by atoms with E-state index in [1.54, 1.807) is 18.9 Å². The second kappa shape index (κ2) is 6.93. The van der Waals surface area contributed by atoms with E-state index in [4.69, 9.17) is 4.74 Å². The van der Waals surface area contributed by atoms with Gasteiger partial charge in [-0.2, -0.15) is 0 Å². The Hall–Kier alpha value is -1.04. The largest absolute Gasteiger partial charge is 0.380 e. The van der Waals surface area contributed by atoms with Gasteiger partial charge in [0.2, 0.25) is 5.91 Å². The average molecular weight is 280 g/mol. The van der Waals surface area contributed by atoms with Crippen LogP contribution >= 0.6 is 11.8 Å². The fourth-order valence-corrected chi connectivity index (χ4v) is 2.91. The molecule has 2 unspecified atom stereocenters. The second-order valence-electron chi connectivity index (χ2n) is 4.47. The zero-order chi connectivity index (χ0) is 13.7. The maximum absolute atomic E-state index is 12.2. The molecule has 5 heteroatoms. The number of hydrogen-bond donors (Lipinski definition) is 2. The van der Waals surface area contributed by atoms with E-state index in [1.165, 1.54) is 0 Å². The topological polar surface area (TPSA) is 50.4 Å². The molecule has 2 rings (SSSR count). The lowest BCUT2D eigenvalue weighted by atomic mass is 10.2. The van der Waals surface area contributed by atoms with E-state index in [9.17, 15) is 4.79 Å². The Morgan fingerprint density at radius 1 is 1.53 bits per heavy atom. The molecule has 104 valence electrons. The number of thioether (sulfide) groups is 1. The molecule has 1 aliphatic heterocycles. The van der Waals surface area contributed by atoms with Crippen molar-refractivity contribution in [1.82, 2.24) is 5.32 Å². The summed E-state index contributed by atoms with van der Waals surface area (Å²) in [5, 5.41) is 6.19. The summed E-state index contributed by atoms with van der Waals surface area (Å²) in [7, 11) is 1.68. The predicted molar refractivity (Wildman–Crippen MR) is 78.7 cm³/mol. The van der Waals surface area contributed by atoms with E-state index in [0.29, 0.717) is 0 Å². The minimum atomic E-state index is -0.162. The van der Waals surface area contributed by atoms with E-state index in [1.807, 2.05) is 24.3 Å². The molecular weight excluding hydrogens is 260 g/mol. The lowest BCUT2D eigenvalue weighted by Crippen LogP contribution is -2.35. The molecule has 1 aliphatic rings. The van der Waals surface area contributed by atoms with Crippen LogP contribution in [-0.2, 0) is 9.53 Å². The Balaban J connectivity index is 1.99. The monoisotopic (exact) mass is 280 g/mol. The van der Waals surface area contributed by atoms with Gasteiger partial charge in [-0.15, -0.1) is 11.8 Å². The molecule has 0 aromatic heterocycles. The Morgan fingerprint density at radius 3 is 3.00 bits per heavy atom. The standard InChI is InChI=1S/C14H20N2O2S/c1-3-19-13-7-5-4-6-11(13)16-14(17)12-8-10(18-2)9-15-12/h4-7,10,12,15H,3,8-9H2,1-2H3,(H,16,17). The number of benzene rings is 1. The fraction of sp³-hybridized carbons (Fsp3) is 0.500. The van der Waals surface area contributed by atoms with Crippen LogP contribution in [-0.4, -0.2) is 37.5 Å². The summed E-state index contributed by atoms with van der Waals surface area (Å²) in [5.74, 6) is 1.00. The first-order valence-electron chi connectivity index (χ1n) is 6.53. The zero-order valence-electron chi connectivity index (χ0n) is 11.3. The molecule has 2 N–H and O–H groups in total. The first kappa shape index (κ1) is 14.4. The third-order valence-corrected chi connectivity index (χ3v) is 4.14. The van der Waals surface area contributed by atoms with Gasteiger partial charge in [-0.25, -0.2) is 0 Å². The minimum absolute atomic E-state index is 0.0173. The van der Waals surface area contributed by atoms with Gasteiger partial charge in [0.15, 0.2) is 0 Å². The minimum Gasteiger partial charge on any atom is -0.380 e. The Kier molecular flexibility index (Phi) is 5.24. The quantitative estimate of drug-likeness (QED) is 0.811. The zero-order valence-corrected chi connectivity index (χ0v) is 12.1. The van der Waals surface area contributed by atoms with Gasteiger partial charge in [0, 0.05) is 18.6 Å². The molecule has 0 spiro atoms. The normalized spacial score (nSPS) is 22.4. The van der Waals surface area contributed by atoms with Crippen molar-refractivity contribution < 1.29 is 9.53 Å². The molecule has 0 aliphatic carbocycles. The van der Waals surface area contributed by atoms with Crippen LogP contribution in [0.1, 0.15) is 13.3 Å². The van der Waals surface area contributed by atoms with E-state index in [0.717, 1.165) is 29.3 Å². The van der Waals surface area contributed by atoms with Gasteiger partial charge in [-0.1, -0.05) is 19.1 Å². The third kappa shape index (κ3) is 3.72. The van der Waals surface area contributed by atoms with Crippen LogP contribution in [0.15, 0.2) is 29.2 Å². The van der Waals surface area contributed by atoms with Crippen molar-refractivity contribution in [3.63, 3.8) is 0 Å². The highest BCUT2D eigenvalue weighted by atomic mass is 32.2. The third-order valence-electron chi connectivity index (χ3n) is 3.19. The van der Waals surface area contributed by atoms with Gasteiger partial charge in [-0.05, 0) is 24.3 Å². The smallest absolute Gasteiger partial charge is 0.241 e. The number of carbonyl (C=O) groups excluding carboxylic acids is 1. The van der Waals surface area contributed by atoms with Crippen molar-refractivity contribution in [3.05, 3.63) is 24.3 Å². The molecule has 0 saturated carbocycles. The Labute approximate surface area is 118 Å². The van der Waals surface area contributed by atoms with Crippen molar-refractivity contribution in [2.24, 2.45) is 0 Å². The molecule has 19 heavy (non-hydrogen) atoms. The highest BCUT2D eigenvalue weighted by Crippen LogP contribution is 2.27. The van der Waals surface area contributed by atoms with Gasteiger partial charge in [0.05, 0.1) is 17.8 Å². The molecule has 0 bridgehead atoms. The number of anilines is 1. The number of para-hydroxylation sites is 1. The molecule has 1 amide bonds. The summed E-state index contributed by atoms with van der Waals surface area (Å²) >= 11 is 1.73. The van der Waals surface area contributed by atoms with Crippen LogP contribution in [0, 0.1) is 0 Å². The van der Waals surface area contributed by atoms with Crippen LogP contribution in [0.4, 0.5) is 5.69 Å². The van der Waals surface area contributed by atoms with Crippen LogP contribution < -0.4 is 10.6 Å². The number of methoxy groups -OCH3 is 1. The van der Waals surface area contributed by atoms with Gasteiger partial charge < -0.3 is 15.4 Å². The molecule has 0 radical (unpaired) electrons. The SMILES string of the molecule is CCSc1ccccc1NC(=O)C1CC(OC)CN1. The van der Waals surface area contributed by atoms with E-state index in [2.05, 4.69) is 17.6 Å². The summed E-state index contributed by atoms with van der Waals surface area (Å²) in [6.45, 7) is 2.84. The van der Waals surface area contributed by atoms with Crippen LogP contribution in [0.3, 0.4) is 0 Å². The van der Waals surface area contributed by atoms with Crippen molar-refractivity contribution in [2.45, 2.75) is 30.4 Å². The first-order valence-corrected chi connectivity index (χ1v) is 7.52. The van der Waals surface area contributed by atoms with Gasteiger partial charge in [0.1, 0.15) is 0 Å². The van der Waals surface area contributed by atoms with Crippen LogP contribution in [0.2, 0.25) is 0 Å². The lowest BCUT2D eigenvalue weighted by molar-refractivity contribution is -0.118. The van der Waals surface area contributed by atoms with Gasteiger partial charge >= 0.3 is 0 Å². The van der Waals surface area contributed by atoms with Gasteiger partial charge in [0.25, 0.3) is 0 Å². The van der Waals surface area contributed by atoms with Crippen molar-refractivity contribution in [3.8, 4) is 0 Å². The molecule has 1 fully saturated rings. The highest BCUT2D eigenvalue weighted by molar-refractivity contribution is 7.99. The summed E-state index contributed by atoms with van der Waals surface area (Å²) < 4.78 is 5.26. The highest BCUT2D eigenvalue weighted by Gasteiger charge is 2.29. The number of carbonyl (C=O) groups is 1. The predicted octanol–water partition coefficient (Wildman–Crippen LogP) is 2.11. The number of rotatable bonds is 5. The molecule has 1 aromatic rings. The summed E-state index contributed by atoms with van der Waals surface area (Å²) in [6.07, 6.45) is 0.863. The molecule has 1 heterocycles. The average Bonchev–Trinajstić information content (AvgIpc) is 2.90. The van der Waals surface area contributed by atoms with Crippen LogP contribution in [0.5, 0.6) is 0 Å². The van der Waals surface area contributed by atoms with E-state index >= 15 is 0 Å². The Morgan fingerprint density at radius 2 is 2.32 bits per heavy atom. The number of hydrogen-bond acceptors (Lipinski definition) is 4. The maximum atomic E-state index is 12.2. The summed E-state index contributed by atoms with van der Waals surface area (Å²) in [5.41, 5.74) is 0.891. The first-order chi connectivity index (χ1) is 9.24. The molecule has 2 atom stereocenters. The maximum Gasteiger partial charge on any atom is 0.241 e. The summed E-state index contributed by atoms with van der Waals surface area (Å²) in [4.78, 5) is 13.3. The van der Waals surface area contributed by atoms with E-state index < -0.39 is 0 Å². The number of amides is 1. The second-order valence-corrected chi connectivity index (χ2v) is 5.78. The van der Waals surface area contributed by atoms with Crippen molar-refractivity contribution in [2.75, 3.05) is 24.7 Å². The van der Waals surface area contributed by atoms with Crippen LogP contribution in [0.25, 0.3) is 0 Å². The van der Waals surface area contributed by atoms with Crippen molar-refractivity contribution in [1.29, 1.82) is 0 Å². The van der Waals surface area contributed by atoms with Gasteiger partial charge in [-0.3, -0.25) is 4.79 Å². The fourth-order valence-electron chi connectivity index (χ4n) is 2.15.